The van der Waals surface area contributed by atoms with Crippen molar-refractivity contribution in [3.63, 3.8) is 0 Å². The summed E-state index contributed by atoms with van der Waals surface area (Å²) >= 11 is 0. The zero-order valence-electron chi connectivity index (χ0n) is 18.8. The van der Waals surface area contributed by atoms with E-state index in [1.165, 1.54) is 24.8 Å². The van der Waals surface area contributed by atoms with E-state index in [4.69, 9.17) is 9.84 Å². The fourth-order valence-corrected chi connectivity index (χ4v) is 3.60. The molecule has 0 radical (unpaired) electrons. The molecule has 30 heavy (non-hydrogen) atoms. The number of Topliss-reactive ketones (excluding diaryl/α,β-unsaturated/α-hetero) is 1. The fourth-order valence-electron chi connectivity index (χ4n) is 3.60. The Morgan fingerprint density at radius 1 is 0.633 bits per heavy atom. The van der Waals surface area contributed by atoms with Crippen molar-refractivity contribution in [1.29, 1.82) is 0 Å². The summed E-state index contributed by atoms with van der Waals surface area (Å²) in [6, 6.07) is 10.3. The average Bonchev–Trinajstić information content (AvgIpc) is 2.74. The summed E-state index contributed by atoms with van der Waals surface area (Å²) in [4.78, 5) is 22.4. The minimum absolute atomic E-state index is 0.289. The second kappa shape index (κ2) is 19.3. The quantitative estimate of drug-likeness (QED) is 0.216. The number of benzene rings is 1. The highest BCUT2D eigenvalue weighted by molar-refractivity contribution is 5.78. The molecule has 0 unspecified atom stereocenters. The second-order valence-corrected chi connectivity index (χ2v) is 8.32. The summed E-state index contributed by atoms with van der Waals surface area (Å²) < 4.78 is 5.70. The number of carboxylic acid groups (broad SMARTS) is 1. The number of rotatable bonds is 21. The summed E-state index contributed by atoms with van der Waals surface area (Å²) in [6.07, 6.45) is 16.1. The van der Waals surface area contributed by atoms with Crippen molar-refractivity contribution in [3.8, 4) is 0 Å². The van der Waals surface area contributed by atoms with Gasteiger partial charge in [-0.3, -0.25) is 9.59 Å². The molecular weight excluding hydrogens is 376 g/mol. The van der Waals surface area contributed by atoms with Crippen LogP contribution < -0.4 is 0 Å². The first kappa shape index (κ1) is 26.4. The number of carboxylic acids is 1. The van der Waals surface area contributed by atoms with Crippen LogP contribution in [0, 0.1) is 0 Å². The van der Waals surface area contributed by atoms with Crippen LogP contribution in [0.15, 0.2) is 30.3 Å². The minimum atomic E-state index is -0.697. The van der Waals surface area contributed by atoms with Gasteiger partial charge in [0.25, 0.3) is 0 Å². The zero-order valence-corrected chi connectivity index (χ0v) is 18.8. The van der Waals surface area contributed by atoms with Crippen LogP contribution in [-0.4, -0.2) is 23.5 Å². The van der Waals surface area contributed by atoms with E-state index in [-0.39, 0.29) is 6.42 Å². The molecule has 0 saturated carbocycles. The smallest absolute Gasteiger partial charge is 0.303 e. The van der Waals surface area contributed by atoms with Gasteiger partial charge in [0, 0.05) is 25.9 Å². The number of carbonyl (C=O) groups excluding carboxylic acids is 1. The van der Waals surface area contributed by atoms with Crippen LogP contribution in [0.1, 0.15) is 108 Å². The number of ketones is 1. The van der Waals surface area contributed by atoms with E-state index in [2.05, 4.69) is 12.1 Å². The zero-order chi connectivity index (χ0) is 21.7. The third-order valence-electron chi connectivity index (χ3n) is 5.45. The van der Waals surface area contributed by atoms with E-state index in [0.29, 0.717) is 12.4 Å². The number of ether oxygens (including phenoxy) is 1. The lowest BCUT2D eigenvalue weighted by Crippen LogP contribution is -1.98. The molecule has 0 spiro atoms. The Bertz CT molecular complexity index is 541. The first-order chi connectivity index (χ1) is 14.7. The number of carbonyl (C=O) groups is 2. The summed E-state index contributed by atoms with van der Waals surface area (Å²) in [6.45, 7) is 1.53. The summed E-state index contributed by atoms with van der Waals surface area (Å²) in [5.74, 6) is -0.275. The predicted molar refractivity (Wildman–Crippen MR) is 123 cm³/mol. The number of hydrogen-bond donors (Lipinski definition) is 1. The van der Waals surface area contributed by atoms with Gasteiger partial charge in [-0.1, -0.05) is 88.1 Å². The third-order valence-corrected chi connectivity index (χ3v) is 5.45. The van der Waals surface area contributed by atoms with E-state index in [0.717, 1.165) is 83.7 Å². The van der Waals surface area contributed by atoms with Crippen LogP contribution in [0.2, 0.25) is 0 Å². The minimum Gasteiger partial charge on any atom is -0.481 e. The van der Waals surface area contributed by atoms with E-state index in [1.54, 1.807) is 0 Å². The van der Waals surface area contributed by atoms with E-state index < -0.39 is 5.97 Å². The maximum atomic E-state index is 11.9. The monoisotopic (exact) mass is 418 g/mol. The van der Waals surface area contributed by atoms with Crippen molar-refractivity contribution in [3.05, 3.63) is 35.9 Å². The predicted octanol–water partition coefficient (Wildman–Crippen LogP) is 7.10. The van der Waals surface area contributed by atoms with Gasteiger partial charge in [0.1, 0.15) is 5.78 Å². The number of unbranched alkanes of at least 4 members (excludes halogenated alkanes) is 11. The molecule has 0 bridgehead atoms. The van der Waals surface area contributed by atoms with Crippen LogP contribution in [-0.2, 0) is 20.9 Å². The van der Waals surface area contributed by atoms with Crippen molar-refractivity contribution < 1.29 is 19.4 Å². The lowest BCUT2D eigenvalue weighted by molar-refractivity contribution is -0.137. The summed E-state index contributed by atoms with van der Waals surface area (Å²) in [7, 11) is 0. The average molecular weight is 419 g/mol. The van der Waals surface area contributed by atoms with Gasteiger partial charge < -0.3 is 9.84 Å². The standard InChI is InChI=1S/C26H42O4/c27-25(19-13-6-2-1-3-8-15-21-26(28)29)20-14-7-4-5-9-16-22-30-23-24-17-11-10-12-18-24/h10-12,17-18H,1-9,13-16,19-23H2,(H,28,29). The van der Waals surface area contributed by atoms with Gasteiger partial charge in [-0.2, -0.15) is 0 Å². The highest BCUT2D eigenvalue weighted by Gasteiger charge is 2.02. The molecular formula is C26H42O4. The molecule has 0 aliphatic carbocycles. The molecule has 0 amide bonds. The Morgan fingerprint density at radius 2 is 1.10 bits per heavy atom. The highest BCUT2D eigenvalue weighted by Crippen LogP contribution is 2.12. The van der Waals surface area contributed by atoms with Crippen LogP contribution in [0.3, 0.4) is 0 Å². The molecule has 0 fully saturated rings. The van der Waals surface area contributed by atoms with Gasteiger partial charge >= 0.3 is 5.97 Å². The molecule has 1 aromatic carbocycles. The second-order valence-electron chi connectivity index (χ2n) is 8.32. The van der Waals surface area contributed by atoms with Crippen LogP contribution in [0.4, 0.5) is 0 Å². The Kier molecular flexibility index (Phi) is 16.9. The van der Waals surface area contributed by atoms with E-state index in [1.807, 2.05) is 18.2 Å². The van der Waals surface area contributed by atoms with Gasteiger partial charge in [0.15, 0.2) is 0 Å². The molecule has 0 saturated heterocycles. The molecule has 0 aliphatic rings. The van der Waals surface area contributed by atoms with Crippen LogP contribution in [0.5, 0.6) is 0 Å². The molecule has 1 N–H and O–H groups in total. The van der Waals surface area contributed by atoms with E-state index >= 15 is 0 Å². The van der Waals surface area contributed by atoms with E-state index in [9.17, 15) is 9.59 Å². The molecule has 4 nitrogen and oxygen atoms in total. The highest BCUT2D eigenvalue weighted by atomic mass is 16.5. The van der Waals surface area contributed by atoms with Crippen LogP contribution >= 0.6 is 0 Å². The molecule has 0 aromatic heterocycles. The Labute approximate surface area is 183 Å². The molecule has 1 rings (SSSR count). The van der Waals surface area contributed by atoms with Crippen molar-refractivity contribution >= 4 is 11.8 Å². The summed E-state index contributed by atoms with van der Waals surface area (Å²) in [5, 5.41) is 8.58. The molecule has 4 heteroatoms. The molecule has 1 aromatic rings. The Morgan fingerprint density at radius 3 is 1.63 bits per heavy atom. The summed E-state index contributed by atoms with van der Waals surface area (Å²) in [5.41, 5.74) is 1.23. The van der Waals surface area contributed by atoms with Crippen molar-refractivity contribution in [2.75, 3.05) is 6.61 Å². The molecule has 0 aliphatic heterocycles. The van der Waals surface area contributed by atoms with Crippen molar-refractivity contribution in [2.45, 2.75) is 109 Å². The lowest BCUT2D eigenvalue weighted by Gasteiger charge is -2.05. The normalized spacial score (nSPS) is 10.9. The van der Waals surface area contributed by atoms with Gasteiger partial charge in [-0.05, 0) is 31.2 Å². The maximum Gasteiger partial charge on any atom is 0.303 e. The van der Waals surface area contributed by atoms with Gasteiger partial charge in [0.2, 0.25) is 0 Å². The lowest BCUT2D eigenvalue weighted by atomic mass is 10.0. The maximum absolute atomic E-state index is 11.9. The first-order valence-corrected chi connectivity index (χ1v) is 12.0. The fraction of sp³-hybridized carbons (Fsp3) is 0.692. The topological polar surface area (TPSA) is 63.6 Å². The van der Waals surface area contributed by atoms with Gasteiger partial charge in [-0.15, -0.1) is 0 Å². The first-order valence-electron chi connectivity index (χ1n) is 12.0. The Balaban J connectivity index is 1.76. The number of hydrogen-bond acceptors (Lipinski definition) is 3. The van der Waals surface area contributed by atoms with Gasteiger partial charge in [0.05, 0.1) is 6.61 Å². The largest absolute Gasteiger partial charge is 0.481 e. The van der Waals surface area contributed by atoms with Crippen molar-refractivity contribution in [2.24, 2.45) is 0 Å². The molecule has 0 atom stereocenters. The van der Waals surface area contributed by atoms with Crippen LogP contribution in [0.25, 0.3) is 0 Å². The van der Waals surface area contributed by atoms with Gasteiger partial charge in [-0.25, -0.2) is 0 Å². The number of aliphatic carboxylic acids is 1. The molecule has 0 heterocycles. The molecule has 170 valence electrons. The van der Waals surface area contributed by atoms with Crippen molar-refractivity contribution in [1.82, 2.24) is 0 Å². The Hall–Kier alpha value is -1.68. The SMILES string of the molecule is O=C(O)CCCCCCCCCC(=O)CCCCCCCCOCc1ccccc1. The third kappa shape index (κ3) is 17.2.